The molecule has 1 fully saturated rings. The molecule has 2 rings (SSSR count). The molecule has 1 aliphatic rings. The van der Waals surface area contributed by atoms with Gasteiger partial charge in [-0.25, -0.2) is 4.98 Å². The van der Waals surface area contributed by atoms with Gasteiger partial charge in [0.25, 0.3) is 0 Å². The van der Waals surface area contributed by atoms with Crippen molar-refractivity contribution in [2.75, 3.05) is 25.1 Å². The fourth-order valence-corrected chi connectivity index (χ4v) is 1.67. The highest BCUT2D eigenvalue weighted by Gasteiger charge is 2.23. The fraction of sp³-hybridized carbons (Fsp3) is 0.692. The van der Waals surface area contributed by atoms with Crippen molar-refractivity contribution < 1.29 is 9.47 Å². The predicted molar refractivity (Wildman–Crippen MR) is 70.3 cm³/mol. The third-order valence-electron chi connectivity index (χ3n) is 2.86. The molecule has 1 saturated heterocycles. The minimum absolute atomic E-state index is 0.132. The summed E-state index contributed by atoms with van der Waals surface area (Å²) in [6, 6.07) is 0. The lowest BCUT2D eigenvalue weighted by molar-refractivity contribution is -0.0816. The van der Waals surface area contributed by atoms with Gasteiger partial charge in [-0.05, 0) is 13.8 Å². The SMILES string of the molecule is CCNc1nc(C(C)C)nc(OC2COC2)c1C. The number of anilines is 1. The first kappa shape index (κ1) is 13.1. The van der Waals surface area contributed by atoms with Crippen molar-refractivity contribution in [3.05, 3.63) is 11.4 Å². The van der Waals surface area contributed by atoms with Crippen LogP contribution < -0.4 is 10.1 Å². The maximum Gasteiger partial charge on any atom is 0.222 e. The van der Waals surface area contributed by atoms with E-state index >= 15 is 0 Å². The molecule has 1 N–H and O–H groups in total. The predicted octanol–water partition coefficient (Wildman–Crippen LogP) is 2.12. The summed E-state index contributed by atoms with van der Waals surface area (Å²) < 4.78 is 11.0. The first-order valence-corrected chi connectivity index (χ1v) is 6.48. The van der Waals surface area contributed by atoms with E-state index in [1.807, 2.05) is 6.92 Å². The van der Waals surface area contributed by atoms with Crippen LogP contribution in [0.2, 0.25) is 0 Å². The van der Waals surface area contributed by atoms with Crippen LogP contribution in [0.15, 0.2) is 0 Å². The van der Waals surface area contributed by atoms with Crippen LogP contribution in [0.3, 0.4) is 0 Å². The summed E-state index contributed by atoms with van der Waals surface area (Å²) in [5.74, 6) is 2.64. The molecule has 0 bridgehead atoms. The number of nitrogens with one attached hydrogen (secondary N) is 1. The zero-order valence-electron chi connectivity index (χ0n) is 11.5. The van der Waals surface area contributed by atoms with Crippen LogP contribution in [0.1, 0.15) is 38.1 Å². The normalized spacial score (nSPS) is 15.6. The third-order valence-corrected chi connectivity index (χ3v) is 2.86. The fourth-order valence-electron chi connectivity index (χ4n) is 1.67. The molecular formula is C13H21N3O2. The Morgan fingerprint density at radius 1 is 1.39 bits per heavy atom. The zero-order valence-corrected chi connectivity index (χ0v) is 11.5. The van der Waals surface area contributed by atoms with Crippen molar-refractivity contribution in [3.63, 3.8) is 0 Å². The van der Waals surface area contributed by atoms with Crippen molar-refractivity contribution in [2.24, 2.45) is 0 Å². The van der Waals surface area contributed by atoms with E-state index in [0.717, 1.165) is 23.8 Å². The lowest BCUT2D eigenvalue weighted by Crippen LogP contribution is -2.39. The quantitative estimate of drug-likeness (QED) is 0.868. The van der Waals surface area contributed by atoms with Gasteiger partial charge in [-0.2, -0.15) is 4.98 Å². The molecule has 0 spiro atoms. The van der Waals surface area contributed by atoms with Crippen molar-refractivity contribution >= 4 is 5.82 Å². The molecule has 0 atom stereocenters. The Morgan fingerprint density at radius 3 is 2.61 bits per heavy atom. The molecule has 0 saturated carbocycles. The Hall–Kier alpha value is -1.36. The van der Waals surface area contributed by atoms with Gasteiger partial charge in [0.05, 0.1) is 18.8 Å². The minimum atomic E-state index is 0.132. The van der Waals surface area contributed by atoms with Crippen LogP contribution in [-0.2, 0) is 4.74 Å². The van der Waals surface area contributed by atoms with Crippen LogP contribution in [0.25, 0.3) is 0 Å². The zero-order chi connectivity index (χ0) is 13.1. The van der Waals surface area contributed by atoms with E-state index in [9.17, 15) is 0 Å². The smallest absolute Gasteiger partial charge is 0.222 e. The van der Waals surface area contributed by atoms with Gasteiger partial charge in [0.15, 0.2) is 0 Å². The van der Waals surface area contributed by atoms with Crippen LogP contribution >= 0.6 is 0 Å². The molecule has 0 aromatic carbocycles. The largest absolute Gasteiger partial charge is 0.469 e. The summed E-state index contributed by atoms with van der Waals surface area (Å²) in [5, 5.41) is 3.26. The summed E-state index contributed by atoms with van der Waals surface area (Å²) >= 11 is 0. The van der Waals surface area contributed by atoms with Gasteiger partial charge < -0.3 is 14.8 Å². The molecule has 0 radical (unpaired) electrons. The topological polar surface area (TPSA) is 56.3 Å². The van der Waals surface area contributed by atoms with E-state index in [1.54, 1.807) is 0 Å². The number of hydrogen-bond donors (Lipinski definition) is 1. The third kappa shape index (κ3) is 2.72. The average Bonchev–Trinajstić information content (AvgIpc) is 2.27. The van der Waals surface area contributed by atoms with Crippen LogP contribution in [0.4, 0.5) is 5.82 Å². The van der Waals surface area contributed by atoms with E-state index < -0.39 is 0 Å². The number of aromatic nitrogens is 2. The first-order valence-electron chi connectivity index (χ1n) is 6.48. The summed E-state index contributed by atoms with van der Waals surface area (Å²) in [5.41, 5.74) is 0.966. The molecule has 100 valence electrons. The molecule has 0 unspecified atom stereocenters. The van der Waals surface area contributed by atoms with E-state index in [-0.39, 0.29) is 12.0 Å². The lowest BCUT2D eigenvalue weighted by Gasteiger charge is -2.27. The van der Waals surface area contributed by atoms with Gasteiger partial charge in [0.1, 0.15) is 17.7 Å². The Labute approximate surface area is 108 Å². The Morgan fingerprint density at radius 2 is 2.11 bits per heavy atom. The Bertz CT molecular complexity index is 417. The highest BCUT2D eigenvalue weighted by molar-refractivity contribution is 5.48. The molecule has 0 amide bonds. The molecule has 1 aliphatic heterocycles. The van der Waals surface area contributed by atoms with Gasteiger partial charge in [0.2, 0.25) is 5.88 Å². The standard InChI is InChI=1S/C13H21N3O2/c1-5-14-12-9(4)13(18-10-6-17-7-10)16-11(15-12)8(2)3/h8,10H,5-7H2,1-4H3,(H,14,15,16). The molecule has 1 aromatic heterocycles. The second-order valence-electron chi connectivity index (χ2n) is 4.82. The molecule has 5 nitrogen and oxygen atoms in total. The number of hydrogen-bond acceptors (Lipinski definition) is 5. The van der Waals surface area contributed by atoms with Crippen molar-refractivity contribution in [2.45, 2.75) is 39.7 Å². The highest BCUT2D eigenvalue weighted by Crippen LogP contribution is 2.26. The molecule has 0 aliphatic carbocycles. The van der Waals surface area contributed by atoms with Gasteiger partial charge in [-0.1, -0.05) is 13.8 Å². The number of ether oxygens (including phenoxy) is 2. The molecule has 5 heteroatoms. The van der Waals surface area contributed by atoms with E-state index in [1.165, 1.54) is 0 Å². The van der Waals surface area contributed by atoms with E-state index in [0.29, 0.717) is 19.1 Å². The lowest BCUT2D eigenvalue weighted by atomic mass is 10.2. The first-order chi connectivity index (χ1) is 8.61. The summed E-state index contributed by atoms with van der Waals surface area (Å²) in [6.07, 6.45) is 0.132. The van der Waals surface area contributed by atoms with E-state index in [4.69, 9.17) is 9.47 Å². The van der Waals surface area contributed by atoms with Crippen LogP contribution in [0, 0.1) is 6.92 Å². The number of nitrogens with zero attached hydrogens (tertiary/aromatic N) is 2. The summed E-state index contributed by atoms with van der Waals surface area (Å²) in [4.78, 5) is 9.05. The van der Waals surface area contributed by atoms with Crippen molar-refractivity contribution in [3.8, 4) is 5.88 Å². The van der Waals surface area contributed by atoms with Crippen LogP contribution in [-0.4, -0.2) is 35.8 Å². The molecular weight excluding hydrogens is 230 g/mol. The van der Waals surface area contributed by atoms with Crippen LogP contribution in [0.5, 0.6) is 5.88 Å². The van der Waals surface area contributed by atoms with Gasteiger partial charge in [-0.3, -0.25) is 0 Å². The monoisotopic (exact) mass is 251 g/mol. The van der Waals surface area contributed by atoms with Gasteiger partial charge in [-0.15, -0.1) is 0 Å². The van der Waals surface area contributed by atoms with Crippen molar-refractivity contribution in [1.29, 1.82) is 0 Å². The minimum Gasteiger partial charge on any atom is -0.469 e. The average molecular weight is 251 g/mol. The highest BCUT2D eigenvalue weighted by atomic mass is 16.6. The second-order valence-corrected chi connectivity index (χ2v) is 4.82. The Balaban J connectivity index is 2.29. The Kier molecular flexibility index (Phi) is 4.01. The number of rotatable bonds is 5. The second kappa shape index (κ2) is 5.52. The van der Waals surface area contributed by atoms with Crippen molar-refractivity contribution in [1.82, 2.24) is 9.97 Å². The molecule has 18 heavy (non-hydrogen) atoms. The molecule has 1 aromatic rings. The summed E-state index contributed by atoms with van der Waals surface area (Å²) in [6.45, 7) is 10.3. The van der Waals surface area contributed by atoms with Gasteiger partial charge in [0, 0.05) is 12.5 Å². The van der Waals surface area contributed by atoms with E-state index in [2.05, 4.69) is 36.1 Å². The summed E-state index contributed by atoms with van der Waals surface area (Å²) in [7, 11) is 0. The molecule has 2 heterocycles. The van der Waals surface area contributed by atoms with Gasteiger partial charge >= 0.3 is 0 Å². The maximum absolute atomic E-state index is 5.84. The maximum atomic E-state index is 5.84.